The van der Waals surface area contributed by atoms with E-state index < -0.39 is 0 Å². The van der Waals surface area contributed by atoms with E-state index in [9.17, 15) is 4.39 Å². The number of rotatable bonds is 4. The summed E-state index contributed by atoms with van der Waals surface area (Å²) in [6.45, 7) is 3.43. The van der Waals surface area contributed by atoms with Gasteiger partial charge in [-0.3, -0.25) is 10.1 Å². The summed E-state index contributed by atoms with van der Waals surface area (Å²) in [7, 11) is 1.75. The highest BCUT2D eigenvalue weighted by Crippen LogP contribution is 2.20. The fourth-order valence-corrected chi connectivity index (χ4v) is 3.25. The van der Waals surface area contributed by atoms with Crippen molar-refractivity contribution in [2.45, 2.75) is 6.54 Å². The lowest BCUT2D eigenvalue weighted by Crippen LogP contribution is -2.52. The van der Waals surface area contributed by atoms with Gasteiger partial charge in [0.2, 0.25) is 5.82 Å². The summed E-state index contributed by atoms with van der Waals surface area (Å²) in [6.07, 6.45) is 1.59. The molecular weight excluding hydrogens is 361 g/mol. The SMILES string of the molecule is CN=C(NCc1nc(-c2ccco2)n[nH]1)N1CCN(c2ccccc2F)CC1. The number of furan rings is 1. The molecule has 0 saturated carbocycles. The molecule has 0 radical (unpaired) electrons. The van der Waals surface area contributed by atoms with Crippen LogP contribution >= 0.6 is 0 Å². The van der Waals surface area contributed by atoms with E-state index in [4.69, 9.17) is 4.42 Å². The van der Waals surface area contributed by atoms with Crippen LogP contribution in [0.4, 0.5) is 10.1 Å². The van der Waals surface area contributed by atoms with Gasteiger partial charge < -0.3 is 19.5 Å². The molecule has 0 unspecified atom stereocenters. The summed E-state index contributed by atoms with van der Waals surface area (Å²) in [5.41, 5.74) is 0.650. The number of hydrogen-bond acceptors (Lipinski definition) is 5. The van der Waals surface area contributed by atoms with Crippen molar-refractivity contribution in [3.05, 3.63) is 54.3 Å². The van der Waals surface area contributed by atoms with E-state index in [1.165, 1.54) is 6.07 Å². The van der Waals surface area contributed by atoms with Crippen molar-refractivity contribution in [1.82, 2.24) is 25.4 Å². The van der Waals surface area contributed by atoms with Crippen LogP contribution in [-0.4, -0.2) is 59.3 Å². The molecular formula is C19H22FN7O. The molecule has 3 heterocycles. The van der Waals surface area contributed by atoms with Crippen LogP contribution in [0.25, 0.3) is 11.6 Å². The fourth-order valence-electron chi connectivity index (χ4n) is 3.25. The third-order valence-corrected chi connectivity index (χ3v) is 4.67. The van der Waals surface area contributed by atoms with Crippen LogP contribution in [0, 0.1) is 5.82 Å². The third kappa shape index (κ3) is 3.83. The van der Waals surface area contributed by atoms with E-state index in [-0.39, 0.29) is 5.82 Å². The number of hydrogen-bond donors (Lipinski definition) is 2. The van der Waals surface area contributed by atoms with Crippen molar-refractivity contribution in [1.29, 1.82) is 0 Å². The van der Waals surface area contributed by atoms with Crippen molar-refractivity contribution in [3.8, 4) is 11.6 Å². The third-order valence-electron chi connectivity index (χ3n) is 4.67. The average Bonchev–Trinajstić information content (AvgIpc) is 3.41. The normalized spacial score (nSPS) is 15.1. The number of para-hydroxylation sites is 1. The molecule has 1 aromatic carbocycles. The van der Waals surface area contributed by atoms with Crippen LogP contribution in [0.5, 0.6) is 0 Å². The molecule has 1 aliphatic heterocycles. The van der Waals surface area contributed by atoms with Gasteiger partial charge in [0.15, 0.2) is 11.7 Å². The number of aliphatic imine (C=N–C) groups is 1. The second-order valence-corrected chi connectivity index (χ2v) is 6.41. The molecule has 0 amide bonds. The molecule has 3 aromatic rings. The molecule has 2 N–H and O–H groups in total. The van der Waals surface area contributed by atoms with E-state index in [1.54, 1.807) is 25.4 Å². The van der Waals surface area contributed by atoms with Gasteiger partial charge >= 0.3 is 0 Å². The van der Waals surface area contributed by atoms with E-state index in [0.717, 1.165) is 32.1 Å². The second kappa shape index (κ2) is 8.12. The standard InChI is InChI=1S/C19H22FN7O/c1-21-19(22-13-17-23-18(25-24-17)16-7-4-12-28-16)27-10-8-26(9-11-27)15-6-3-2-5-14(15)20/h2-7,12H,8-11,13H2,1H3,(H,21,22)(H,23,24,25). The summed E-state index contributed by atoms with van der Waals surface area (Å²) in [5.74, 6) is 2.43. The Bertz CT molecular complexity index is 929. The zero-order valence-electron chi connectivity index (χ0n) is 15.6. The number of halogens is 1. The highest BCUT2D eigenvalue weighted by Gasteiger charge is 2.21. The van der Waals surface area contributed by atoms with Crippen molar-refractivity contribution in [2.75, 3.05) is 38.1 Å². The maximum atomic E-state index is 14.0. The van der Waals surface area contributed by atoms with E-state index in [1.807, 2.05) is 18.2 Å². The minimum atomic E-state index is -0.184. The molecule has 1 saturated heterocycles. The lowest BCUT2D eigenvalue weighted by atomic mass is 10.2. The molecule has 0 aliphatic carbocycles. The first kappa shape index (κ1) is 18.0. The largest absolute Gasteiger partial charge is 0.461 e. The minimum absolute atomic E-state index is 0.184. The highest BCUT2D eigenvalue weighted by molar-refractivity contribution is 5.80. The number of anilines is 1. The van der Waals surface area contributed by atoms with E-state index in [2.05, 4.69) is 35.3 Å². The van der Waals surface area contributed by atoms with Gasteiger partial charge in [-0.05, 0) is 24.3 Å². The molecule has 2 aromatic heterocycles. The molecule has 8 nitrogen and oxygen atoms in total. The predicted octanol–water partition coefficient (Wildman–Crippen LogP) is 2.10. The van der Waals surface area contributed by atoms with Gasteiger partial charge in [0, 0.05) is 33.2 Å². The zero-order valence-corrected chi connectivity index (χ0v) is 15.6. The number of piperazine rings is 1. The summed E-state index contributed by atoms with van der Waals surface area (Å²) in [4.78, 5) is 13.0. The number of nitrogens with zero attached hydrogens (tertiary/aromatic N) is 5. The van der Waals surface area contributed by atoms with Gasteiger partial charge in [0.05, 0.1) is 18.5 Å². The molecule has 0 atom stereocenters. The second-order valence-electron chi connectivity index (χ2n) is 6.41. The lowest BCUT2D eigenvalue weighted by Gasteiger charge is -2.37. The summed E-state index contributed by atoms with van der Waals surface area (Å²) < 4.78 is 19.3. The average molecular weight is 383 g/mol. The first-order valence-electron chi connectivity index (χ1n) is 9.15. The number of H-pyrrole nitrogens is 1. The Balaban J connectivity index is 1.32. The molecule has 4 rings (SSSR count). The van der Waals surface area contributed by atoms with Crippen molar-refractivity contribution in [2.24, 2.45) is 4.99 Å². The van der Waals surface area contributed by atoms with Crippen LogP contribution in [0.2, 0.25) is 0 Å². The van der Waals surface area contributed by atoms with Crippen LogP contribution in [0.3, 0.4) is 0 Å². The highest BCUT2D eigenvalue weighted by atomic mass is 19.1. The first-order chi connectivity index (χ1) is 13.7. The van der Waals surface area contributed by atoms with Gasteiger partial charge in [-0.25, -0.2) is 9.37 Å². The Hall–Kier alpha value is -3.36. The fraction of sp³-hybridized carbons (Fsp3) is 0.316. The number of aromatic nitrogens is 3. The minimum Gasteiger partial charge on any atom is -0.461 e. The van der Waals surface area contributed by atoms with Gasteiger partial charge in [0.1, 0.15) is 11.6 Å². The Morgan fingerprint density at radius 2 is 2.04 bits per heavy atom. The van der Waals surface area contributed by atoms with E-state index >= 15 is 0 Å². The molecule has 1 fully saturated rings. The van der Waals surface area contributed by atoms with Crippen LogP contribution < -0.4 is 10.2 Å². The van der Waals surface area contributed by atoms with Gasteiger partial charge in [-0.15, -0.1) is 5.10 Å². The molecule has 28 heavy (non-hydrogen) atoms. The maximum Gasteiger partial charge on any atom is 0.216 e. The van der Waals surface area contributed by atoms with Crippen molar-refractivity contribution < 1.29 is 8.81 Å². The van der Waals surface area contributed by atoms with Crippen molar-refractivity contribution >= 4 is 11.6 Å². The Kier molecular flexibility index (Phi) is 5.22. The van der Waals surface area contributed by atoms with Crippen molar-refractivity contribution in [3.63, 3.8) is 0 Å². The first-order valence-corrected chi connectivity index (χ1v) is 9.15. The zero-order chi connectivity index (χ0) is 19.3. The van der Waals surface area contributed by atoms with Gasteiger partial charge in [0.25, 0.3) is 0 Å². The number of nitrogens with one attached hydrogen (secondary N) is 2. The Morgan fingerprint density at radius 1 is 1.21 bits per heavy atom. The topological polar surface area (TPSA) is 85.6 Å². The summed E-state index contributed by atoms with van der Waals surface area (Å²) in [6, 6.07) is 10.5. The smallest absolute Gasteiger partial charge is 0.216 e. The monoisotopic (exact) mass is 383 g/mol. The number of aromatic amines is 1. The quantitative estimate of drug-likeness (QED) is 0.530. The van der Waals surface area contributed by atoms with Crippen LogP contribution in [-0.2, 0) is 6.54 Å². The predicted molar refractivity (Wildman–Crippen MR) is 104 cm³/mol. The van der Waals surface area contributed by atoms with Crippen LogP contribution in [0.1, 0.15) is 5.82 Å². The van der Waals surface area contributed by atoms with Gasteiger partial charge in [-0.2, -0.15) is 0 Å². The Morgan fingerprint density at radius 3 is 2.75 bits per heavy atom. The molecule has 1 aliphatic rings. The van der Waals surface area contributed by atoms with Gasteiger partial charge in [-0.1, -0.05) is 12.1 Å². The molecule has 9 heteroatoms. The summed E-state index contributed by atoms with van der Waals surface area (Å²) in [5, 5.41) is 10.4. The number of benzene rings is 1. The number of guanidine groups is 1. The maximum absolute atomic E-state index is 14.0. The molecule has 0 spiro atoms. The Labute approximate surface area is 162 Å². The molecule has 0 bridgehead atoms. The lowest BCUT2D eigenvalue weighted by molar-refractivity contribution is 0.370. The van der Waals surface area contributed by atoms with Crippen LogP contribution in [0.15, 0.2) is 52.1 Å². The van der Waals surface area contributed by atoms with E-state index in [0.29, 0.717) is 29.6 Å². The summed E-state index contributed by atoms with van der Waals surface area (Å²) >= 11 is 0. The molecule has 146 valence electrons.